The van der Waals surface area contributed by atoms with E-state index in [1.165, 1.54) is 0 Å². The highest BCUT2D eigenvalue weighted by atomic mass is 16.7. The van der Waals surface area contributed by atoms with E-state index in [0.717, 1.165) is 0 Å². The number of rotatable bonds is 2. The van der Waals surface area contributed by atoms with Crippen molar-refractivity contribution in [1.29, 1.82) is 0 Å². The van der Waals surface area contributed by atoms with E-state index in [1.54, 1.807) is 31.2 Å². The van der Waals surface area contributed by atoms with Crippen molar-refractivity contribution in [2.75, 3.05) is 0 Å². The second-order valence-corrected chi connectivity index (χ2v) is 4.11. The van der Waals surface area contributed by atoms with Crippen LogP contribution in [0, 0.1) is 0 Å². The number of para-hydroxylation sites is 1. The van der Waals surface area contributed by atoms with E-state index < -0.39 is 30.7 Å². The van der Waals surface area contributed by atoms with Crippen LogP contribution in [-0.4, -0.2) is 46.0 Å². The minimum atomic E-state index is -1.28. The molecule has 0 aliphatic carbocycles. The fraction of sp³-hybridized carbons (Fsp3) is 0.500. The molecule has 0 radical (unpaired) electrons. The highest BCUT2D eigenvalue weighted by molar-refractivity contribution is 5.21. The molecule has 1 aliphatic heterocycles. The van der Waals surface area contributed by atoms with E-state index in [9.17, 15) is 15.3 Å². The maximum atomic E-state index is 9.73. The third kappa shape index (κ3) is 2.58. The van der Waals surface area contributed by atoms with Gasteiger partial charge >= 0.3 is 0 Å². The predicted octanol–water partition coefficient (Wildman–Crippen LogP) is -0.107. The highest BCUT2D eigenvalue weighted by Crippen LogP contribution is 2.23. The van der Waals surface area contributed by atoms with Crippen molar-refractivity contribution in [3.05, 3.63) is 30.3 Å². The Balaban J connectivity index is 2.06. The summed E-state index contributed by atoms with van der Waals surface area (Å²) in [5.74, 6) is 0.535. The van der Waals surface area contributed by atoms with Crippen LogP contribution in [0.25, 0.3) is 0 Å². The molecule has 1 fully saturated rings. The first-order chi connectivity index (χ1) is 8.09. The van der Waals surface area contributed by atoms with E-state index >= 15 is 0 Å². The van der Waals surface area contributed by atoms with Crippen LogP contribution < -0.4 is 4.74 Å². The van der Waals surface area contributed by atoms with Crippen molar-refractivity contribution >= 4 is 0 Å². The molecule has 0 spiro atoms. The number of benzene rings is 1. The van der Waals surface area contributed by atoms with Crippen LogP contribution in [0.5, 0.6) is 5.75 Å². The maximum Gasteiger partial charge on any atom is 0.229 e. The number of ether oxygens (including phenoxy) is 2. The van der Waals surface area contributed by atoms with Crippen LogP contribution in [0.3, 0.4) is 0 Å². The van der Waals surface area contributed by atoms with Gasteiger partial charge in [0.1, 0.15) is 24.1 Å². The van der Waals surface area contributed by atoms with Gasteiger partial charge in [-0.15, -0.1) is 0 Å². The molecule has 1 saturated heterocycles. The van der Waals surface area contributed by atoms with Gasteiger partial charge in [-0.25, -0.2) is 0 Å². The van der Waals surface area contributed by atoms with Crippen LogP contribution in [0.2, 0.25) is 0 Å². The molecule has 0 amide bonds. The molecule has 5 atom stereocenters. The summed E-state index contributed by atoms with van der Waals surface area (Å²) in [6, 6.07) is 8.86. The quantitative estimate of drug-likeness (QED) is 0.672. The van der Waals surface area contributed by atoms with Gasteiger partial charge < -0.3 is 24.8 Å². The first kappa shape index (κ1) is 12.3. The van der Waals surface area contributed by atoms with Crippen molar-refractivity contribution < 1.29 is 24.8 Å². The summed E-state index contributed by atoms with van der Waals surface area (Å²) in [5, 5.41) is 28.8. The largest absolute Gasteiger partial charge is 0.462 e. The SMILES string of the molecule is C[C@H]1O[C@@H](Oc2ccccc2)[C@H](O)[C@@H](O)[C@H]1O. The van der Waals surface area contributed by atoms with Gasteiger partial charge in [0.2, 0.25) is 6.29 Å². The molecule has 1 aliphatic rings. The first-order valence-corrected chi connectivity index (χ1v) is 5.51. The molecule has 2 rings (SSSR count). The zero-order valence-electron chi connectivity index (χ0n) is 9.43. The Kier molecular flexibility index (Phi) is 3.63. The van der Waals surface area contributed by atoms with Crippen molar-refractivity contribution in [2.24, 2.45) is 0 Å². The third-order valence-electron chi connectivity index (χ3n) is 2.80. The lowest BCUT2D eigenvalue weighted by Gasteiger charge is -2.38. The van der Waals surface area contributed by atoms with Crippen molar-refractivity contribution in [2.45, 2.75) is 37.6 Å². The average molecular weight is 240 g/mol. The van der Waals surface area contributed by atoms with Gasteiger partial charge in [0.15, 0.2) is 0 Å². The smallest absolute Gasteiger partial charge is 0.229 e. The Bertz CT molecular complexity index is 355. The predicted molar refractivity (Wildman–Crippen MR) is 59.4 cm³/mol. The van der Waals surface area contributed by atoms with Gasteiger partial charge in [-0.05, 0) is 19.1 Å². The van der Waals surface area contributed by atoms with E-state index in [1.807, 2.05) is 6.07 Å². The van der Waals surface area contributed by atoms with Gasteiger partial charge in [0.05, 0.1) is 6.10 Å². The summed E-state index contributed by atoms with van der Waals surface area (Å²) in [4.78, 5) is 0. The molecule has 1 aromatic rings. The molecule has 0 unspecified atom stereocenters. The summed E-state index contributed by atoms with van der Waals surface area (Å²) >= 11 is 0. The monoisotopic (exact) mass is 240 g/mol. The Morgan fingerprint density at radius 1 is 1.00 bits per heavy atom. The van der Waals surface area contributed by atoms with Crippen LogP contribution in [0.15, 0.2) is 30.3 Å². The van der Waals surface area contributed by atoms with Crippen molar-refractivity contribution in [3.63, 3.8) is 0 Å². The van der Waals surface area contributed by atoms with Crippen molar-refractivity contribution in [1.82, 2.24) is 0 Å². The van der Waals surface area contributed by atoms with Gasteiger partial charge in [0.25, 0.3) is 0 Å². The van der Waals surface area contributed by atoms with Crippen LogP contribution >= 0.6 is 0 Å². The topological polar surface area (TPSA) is 79.2 Å². The lowest BCUT2D eigenvalue weighted by molar-refractivity contribution is -0.268. The van der Waals surface area contributed by atoms with Crippen LogP contribution in [0.1, 0.15) is 6.92 Å². The average Bonchev–Trinajstić information content (AvgIpc) is 2.35. The second-order valence-electron chi connectivity index (χ2n) is 4.11. The number of aliphatic hydroxyl groups excluding tert-OH is 3. The Morgan fingerprint density at radius 3 is 2.29 bits per heavy atom. The zero-order chi connectivity index (χ0) is 12.4. The first-order valence-electron chi connectivity index (χ1n) is 5.51. The van der Waals surface area contributed by atoms with Crippen molar-refractivity contribution in [3.8, 4) is 5.75 Å². The Hall–Kier alpha value is -1.14. The summed E-state index contributed by atoms with van der Waals surface area (Å²) < 4.78 is 10.7. The molecule has 5 nitrogen and oxygen atoms in total. The number of hydrogen-bond acceptors (Lipinski definition) is 5. The summed E-state index contributed by atoms with van der Waals surface area (Å²) in [6.45, 7) is 1.61. The van der Waals surface area contributed by atoms with Crippen LogP contribution in [0.4, 0.5) is 0 Å². The van der Waals surface area contributed by atoms with E-state index in [0.29, 0.717) is 5.75 Å². The minimum Gasteiger partial charge on any atom is -0.462 e. The van der Waals surface area contributed by atoms with Gasteiger partial charge in [0, 0.05) is 0 Å². The van der Waals surface area contributed by atoms with Gasteiger partial charge in [-0.3, -0.25) is 0 Å². The minimum absolute atomic E-state index is 0.535. The fourth-order valence-electron chi connectivity index (χ4n) is 1.74. The molecule has 1 heterocycles. The molecule has 0 aromatic heterocycles. The molecule has 94 valence electrons. The molecular formula is C12H16O5. The van der Waals surface area contributed by atoms with Crippen LogP contribution in [-0.2, 0) is 4.74 Å². The Labute approximate surface area is 99.2 Å². The Morgan fingerprint density at radius 2 is 1.65 bits per heavy atom. The molecular weight excluding hydrogens is 224 g/mol. The lowest BCUT2D eigenvalue weighted by atomic mass is 10.00. The van der Waals surface area contributed by atoms with E-state index in [4.69, 9.17) is 9.47 Å². The molecule has 17 heavy (non-hydrogen) atoms. The molecule has 0 saturated carbocycles. The number of aliphatic hydroxyl groups is 3. The van der Waals surface area contributed by atoms with Gasteiger partial charge in [-0.1, -0.05) is 18.2 Å². The standard InChI is InChI=1S/C12H16O5/c1-7-9(13)10(14)11(15)12(16-7)17-8-5-3-2-4-6-8/h2-7,9-15H,1H3/t7-,9+,10+,11-,12+/m1/s1. The highest BCUT2D eigenvalue weighted by Gasteiger charge is 2.43. The van der Waals surface area contributed by atoms with Gasteiger partial charge in [-0.2, -0.15) is 0 Å². The molecule has 1 aromatic carbocycles. The third-order valence-corrected chi connectivity index (χ3v) is 2.80. The maximum absolute atomic E-state index is 9.73. The normalized spacial score (nSPS) is 37.8. The lowest BCUT2D eigenvalue weighted by Crippen LogP contribution is -2.58. The van der Waals surface area contributed by atoms with E-state index in [-0.39, 0.29) is 0 Å². The summed E-state index contributed by atoms with van der Waals surface area (Å²) in [6.07, 6.45) is -5.23. The fourth-order valence-corrected chi connectivity index (χ4v) is 1.74. The second kappa shape index (κ2) is 5.01. The van der Waals surface area contributed by atoms with E-state index in [2.05, 4.69) is 0 Å². The summed E-state index contributed by atoms with van der Waals surface area (Å²) in [7, 11) is 0. The number of hydrogen-bond donors (Lipinski definition) is 3. The molecule has 0 bridgehead atoms. The zero-order valence-corrected chi connectivity index (χ0v) is 9.43. The summed E-state index contributed by atoms with van der Waals surface area (Å²) in [5.41, 5.74) is 0. The molecule has 5 heteroatoms. The molecule has 3 N–H and O–H groups in total.